The van der Waals surface area contributed by atoms with Gasteiger partial charge in [-0.15, -0.1) is 0 Å². The third-order valence-corrected chi connectivity index (χ3v) is 4.64. The maximum absolute atomic E-state index is 12.5. The van der Waals surface area contributed by atoms with Gasteiger partial charge in [0.2, 0.25) is 11.8 Å². The van der Waals surface area contributed by atoms with Crippen LogP contribution in [0.3, 0.4) is 0 Å². The first-order valence-corrected chi connectivity index (χ1v) is 8.76. The van der Waals surface area contributed by atoms with Crippen molar-refractivity contribution in [3.63, 3.8) is 0 Å². The molecule has 1 aliphatic rings. The molecular weight excluding hydrogens is 328 g/mol. The average Bonchev–Trinajstić information content (AvgIpc) is 3.02. The Labute approximate surface area is 153 Å². The minimum absolute atomic E-state index is 0.0126. The van der Waals surface area contributed by atoms with E-state index in [9.17, 15) is 14.4 Å². The molecule has 0 radical (unpaired) electrons. The minimum Gasteiger partial charge on any atom is -0.342 e. The summed E-state index contributed by atoms with van der Waals surface area (Å²) in [6, 6.07) is 16.8. The van der Waals surface area contributed by atoms with Crippen molar-refractivity contribution in [3.05, 3.63) is 65.7 Å². The van der Waals surface area contributed by atoms with Crippen LogP contribution in [-0.2, 0) is 16.0 Å². The summed E-state index contributed by atoms with van der Waals surface area (Å²) in [6.45, 7) is 2.54. The normalized spacial score (nSPS) is 16.6. The molecule has 2 amide bonds. The number of ketones is 1. The Balaban J connectivity index is 1.56. The third-order valence-electron chi connectivity index (χ3n) is 4.64. The van der Waals surface area contributed by atoms with E-state index in [0.717, 1.165) is 6.42 Å². The number of nitrogens with zero attached hydrogens (tertiary/aromatic N) is 1. The van der Waals surface area contributed by atoms with E-state index in [1.807, 2.05) is 30.3 Å². The molecule has 0 aromatic heterocycles. The van der Waals surface area contributed by atoms with E-state index < -0.39 is 0 Å². The second-order valence-electron chi connectivity index (χ2n) is 6.60. The standard InChI is InChI=1S/C21H22N2O3/c1-15(24)17-8-5-9-19(12-17)22-21(26)18-13-20(25)23(14-18)11-10-16-6-3-2-4-7-16/h2-9,12,18H,10-11,13-14H2,1H3,(H,22,26)/t18-/m1/s1. The Morgan fingerprint density at radius 1 is 1.12 bits per heavy atom. The summed E-state index contributed by atoms with van der Waals surface area (Å²) in [7, 11) is 0. The quantitative estimate of drug-likeness (QED) is 0.815. The Morgan fingerprint density at radius 3 is 2.62 bits per heavy atom. The zero-order chi connectivity index (χ0) is 18.5. The molecule has 2 aromatic carbocycles. The van der Waals surface area contributed by atoms with Gasteiger partial charge in [0.1, 0.15) is 0 Å². The van der Waals surface area contributed by atoms with Crippen LogP contribution in [0.15, 0.2) is 54.6 Å². The van der Waals surface area contributed by atoms with Crippen LogP contribution in [0.1, 0.15) is 29.3 Å². The highest BCUT2D eigenvalue weighted by Crippen LogP contribution is 2.21. The molecule has 0 saturated carbocycles. The summed E-state index contributed by atoms with van der Waals surface area (Å²) in [5, 5.41) is 2.82. The van der Waals surface area contributed by atoms with E-state index >= 15 is 0 Å². The van der Waals surface area contributed by atoms with Crippen molar-refractivity contribution in [1.82, 2.24) is 4.90 Å². The molecule has 1 saturated heterocycles. The topological polar surface area (TPSA) is 66.5 Å². The lowest BCUT2D eigenvalue weighted by molar-refractivity contribution is -0.128. The fourth-order valence-corrected chi connectivity index (χ4v) is 3.13. The first kappa shape index (κ1) is 17.9. The van der Waals surface area contributed by atoms with Gasteiger partial charge >= 0.3 is 0 Å². The number of carbonyl (C=O) groups is 3. The van der Waals surface area contributed by atoms with E-state index in [0.29, 0.717) is 24.3 Å². The summed E-state index contributed by atoms with van der Waals surface area (Å²) in [4.78, 5) is 37.9. The number of hydrogen-bond donors (Lipinski definition) is 1. The highest BCUT2D eigenvalue weighted by Gasteiger charge is 2.34. The molecule has 0 unspecified atom stereocenters. The molecule has 1 fully saturated rings. The second kappa shape index (κ2) is 7.95. The number of carbonyl (C=O) groups excluding carboxylic acids is 3. The lowest BCUT2D eigenvalue weighted by atomic mass is 10.1. The van der Waals surface area contributed by atoms with Gasteiger partial charge in [-0.2, -0.15) is 0 Å². The van der Waals surface area contributed by atoms with Gasteiger partial charge in [-0.25, -0.2) is 0 Å². The molecule has 3 rings (SSSR count). The van der Waals surface area contributed by atoms with Crippen LogP contribution in [0.5, 0.6) is 0 Å². The van der Waals surface area contributed by atoms with Crippen LogP contribution in [0.2, 0.25) is 0 Å². The molecule has 5 nitrogen and oxygen atoms in total. The lowest BCUT2D eigenvalue weighted by Crippen LogP contribution is -2.30. The molecule has 1 N–H and O–H groups in total. The van der Waals surface area contributed by atoms with E-state index in [1.165, 1.54) is 12.5 Å². The molecule has 0 spiro atoms. The van der Waals surface area contributed by atoms with Gasteiger partial charge in [0.15, 0.2) is 5.78 Å². The summed E-state index contributed by atoms with van der Waals surface area (Å²) >= 11 is 0. The number of rotatable bonds is 6. The first-order chi connectivity index (χ1) is 12.5. The maximum atomic E-state index is 12.5. The number of benzene rings is 2. The average molecular weight is 350 g/mol. The summed E-state index contributed by atoms with van der Waals surface area (Å²) in [6.07, 6.45) is 1.01. The molecule has 1 heterocycles. The predicted octanol–water partition coefficient (Wildman–Crippen LogP) is 2.92. The lowest BCUT2D eigenvalue weighted by Gasteiger charge is -2.16. The highest BCUT2D eigenvalue weighted by molar-refractivity contribution is 5.99. The van der Waals surface area contributed by atoms with Crippen molar-refractivity contribution >= 4 is 23.3 Å². The number of Topliss-reactive ketones (excluding diaryl/α,β-unsaturated/α-hetero) is 1. The molecule has 2 aromatic rings. The number of likely N-dealkylation sites (tertiary alicyclic amines) is 1. The fraction of sp³-hybridized carbons (Fsp3) is 0.286. The van der Waals surface area contributed by atoms with E-state index in [1.54, 1.807) is 29.2 Å². The Kier molecular flexibility index (Phi) is 5.46. The highest BCUT2D eigenvalue weighted by atomic mass is 16.2. The molecule has 0 bridgehead atoms. The molecular formula is C21H22N2O3. The largest absolute Gasteiger partial charge is 0.342 e. The van der Waals surface area contributed by atoms with Crippen molar-refractivity contribution in [3.8, 4) is 0 Å². The summed E-state index contributed by atoms with van der Waals surface area (Å²) in [5.41, 5.74) is 2.31. The minimum atomic E-state index is -0.362. The monoisotopic (exact) mass is 350 g/mol. The van der Waals surface area contributed by atoms with Crippen LogP contribution in [0, 0.1) is 5.92 Å². The SMILES string of the molecule is CC(=O)c1cccc(NC(=O)[C@@H]2CC(=O)N(CCc3ccccc3)C2)c1. The molecule has 1 atom stereocenters. The second-order valence-corrected chi connectivity index (χ2v) is 6.60. The molecule has 1 aliphatic heterocycles. The third kappa shape index (κ3) is 4.36. The molecule has 5 heteroatoms. The first-order valence-electron chi connectivity index (χ1n) is 8.76. The van der Waals surface area contributed by atoms with E-state index in [2.05, 4.69) is 5.32 Å². The van der Waals surface area contributed by atoms with Gasteiger partial charge in [0, 0.05) is 30.8 Å². The predicted molar refractivity (Wildman–Crippen MR) is 99.9 cm³/mol. The fourth-order valence-electron chi connectivity index (χ4n) is 3.13. The number of nitrogens with one attached hydrogen (secondary N) is 1. The van der Waals surface area contributed by atoms with Crippen LogP contribution >= 0.6 is 0 Å². The Hall–Kier alpha value is -2.95. The zero-order valence-corrected chi connectivity index (χ0v) is 14.8. The van der Waals surface area contributed by atoms with Crippen molar-refractivity contribution in [1.29, 1.82) is 0 Å². The molecule has 0 aliphatic carbocycles. The van der Waals surface area contributed by atoms with Crippen LogP contribution in [0.25, 0.3) is 0 Å². The molecule has 134 valence electrons. The number of hydrogen-bond acceptors (Lipinski definition) is 3. The van der Waals surface area contributed by atoms with Crippen molar-refractivity contribution in [2.45, 2.75) is 19.8 Å². The summed E-state index contributed by atoms with van der Waals surface area (Å²) < 4.78 is 0. The smallest absolute Gasteiger partial charge is 0.229 e. The van der Waals surface area contributed by atoms with Crippen molar-refractivity contribution < 1.29 is 14.4 Å². The van der Waals surface area contributed by atoms with Crippen LogP contribution < -0.4 is 5.32 Å². The Bertz CT molecular complexity index is 817. The maximum Gasteiger partial charge on any atom is 0.229 e. The number of anilines is 1. The summed E-state index contributed by atoms with van der Waals surface area (Å²) in [5.74, 6) is -0.580. The van der Waals surface area contributed by atoms with Crippen molar-refractivity contribution in [2.24, 2.45) is 5.92 Å². The van der Waals surface area contributed by atoms with Gasteiger partial charge in [-0.3, -0.25) is 14.4 Å². The Morgan fingerprint density at radius 2 is 1.88 bits per heavy atom. The van der Waals surface area contributed by atoms with Crippen LogP contribution in [0.4, 0.5) is 5.69 Å². The van der Waals surface area contributed by atoms with Gasteiger partial charge in [-0.1, -0.05) is 42.5 Å². The van der Waals surface area contributed by atoms with Crippen molar-refractivity contribution in [2.75, 3.05) is 18.4 Å². The van der Waals surface area contributed by atoms with E-state index in [4.69, 9.17) is 0 Å². The zero-order valence-electron chi connectivity index (χ0n) is 14.8. The molecule has 26 heavy (non-hydrogen) atoms. The van der Waals surface area contributed by atoms with Gasteiger partial charge in [0.25, 0.3) is 0 Å². The van der Waals surface area contributed by atoms with Gasteiger partial charge in [-0.05, 0) is 31.0 Å². The van der Waals surface area contributed by atoms with Gasteiger partial charge in [0.05, 0.1) is 5.92 Å². The van der Waals surface area contributed by atoms with Gasteiger partial charge < -0.3 is 10.2 Å². The number of amides is 2. The van der Waals surface area contributed by atoms with E-state index in [-0.39, 0.29) is 29.9 Å². The van der Waals surface area contributed by atoms with Crippen LogP contribution in [-0.4, -0.2) is 35.6 Å².